The van der Waals surface area contributed by atoms with Crippen LogP contribution >= 0.6 is 69.6 Å². The minimum absolute atomic E-state index is 0.0752. The van der Waals surface area contributed by atoms with Crippen molar-refractivity contribution in [3.8, 4) is 11.5 Å². The summed E-state index contributed by atoms with van der Waals surface area (Å²) in [5.74, 6) is -0.390. The number of ketones is 2. The van der Waals surface area contributed by atoms with E-state index < -0.39 is 22.4 Å². The van der Waals surface area contributed by atoms with Gasteiger partial charge in [-0.15, -0.1) is 0 Å². The Hall–Kier alpha value is -5.13. The van der Waals surface area contributed by atoms with Crippen LogP contribution < -0.4 is 40.0 Å². The maximum atomic E-state index is 15.2. The average molecular weight is 964 g/mol. The summed E-state index contributed by atoms with van der Waals surface area (Å²) < 4.78 is 15.6. The molecule has 0 amide bonds. The van der Waals surface area contributed by atoms with Crippen LogP contribution in [0.4, 0.5) is 0 Å². The zero-order valence-electron chi connectivity index (χ0n) is 32.2. The van der Waals surface area contributed by atoms with Gasteiger partial charge in [-0.3, -0.25) is 9.59 Å². The molecule has 8 aromatic rings. The maximum absolute atomic E-state index is 15.2. The van der Waals surface area contributed by atoms with Crippen molar-refractivity contribution < 1.29 is 18.4 Å². The third-order valence-corrected chi connectivity index (χ3v) is 20.5. The van der Waals surface area contributed by atoms with Crippen molar-refractivity contribution >= 4 is 129 Å². The van der Waals surface area contributed by atoms with Crippen molar-refractivity contribution in [2.24, 2.45) is 0 Å². The van der Waals surface area contributed by atoms with Crippen LogP contribution in [-0.2, 0) is 0 Å². The molecule has 0 heterocycles. The molecule has 8 aromatic carbocycles. The van der Waals surface area contributed by atoms with Gasteiger partial charge in [0.2, 0.25) is 0 Å². The Labute approximate surface area is 390 Å². The quantitative estimate of drug-likeness (QED) is 0.101. The van der Waals surface area contributed by atoms with Crippen LogP contribution in [0.3, 0.4) is 0 Å². The van der Waals surface area contributed by atoms with E-state index in [0.717, 1.165) is 31.1 Å². The van der Waals surface area contributed by atoms with Crippen molar-refractivity contribution in [2.75, 3.05) is 0 Å². The first-order valence-corrected chi connectivity index (χ1v) is 25.4. The lowest BCUT2D eigenvalue weighted by atomic mass is 9.83. The Morgan fingerprint density at radius 1 is 0.306 bits per heavy atom. The summed E-state index contributed by atoms with van der Waals surface area (Å²) in [6.45, 7) is 0. The molecule has 0 bridgehead atoms. The fraction of sp³-hybridized carbons (Fsp3) is 0. The van der Waals surface area contributed by atoms with Crippen molar-refractivity contribution in [3.63, 3.8) is 0 Å². The third kappa shape index (κ3) is 7.59. The van der Waals surface area contributed by atoms with Gasteiger partial charge in [-0.25, -0.2) is 0 Å². The fourth-order valence-corrected chi connectivity index (χ4v) is 16.4. The van der Waals surface area contributed by atoms with Crippen LogP contribution in [0.25, 0.3) is 0 Å². The molecule has 62 heavy (non-hydrogen) atoms. The van der Waals surface area contributed by atoms with E-state index >= 15 is 4.79 Å². The average Bonchev–Trinajstić information content (AvgIpc) is 3.29. The lowest BCUT2D eigenvalue weighted by Crippen LogP contribution is -2.72. The Balaban J connectivity index is 1.40. The first-order valence-electron chi connectivity index (χ1n) is 19.3. The molecule has 0 radical (unpaired) electrons. The van der Waals surface area contributed by atoms with E-state index in [1.54, 1.807) is 72.8 Å². The second-order valence-corrected chi connectivity index (χ2v) is 23.8. The Kier molecular flexibility index (Phi) is 11.7. The summed E-state index contributed by atoms with van der Waals surface area (Å²) >= 11 is 39.3. The summed E-state index contributed by atoms with van der Waals surface area (Å²) in [5, 5.41) is 7.97. The number of fused-ring (bicyclic) bond motifs is 2. The minimum Gasteiger partial charge on any atom is -0.528 e. The van der Waals surface area contributed by atoms with Crippen molar-refractivity contribution in [3.05, 3.63) is 234 Å². The predicted molar refractivity (Wildman–Crippen MR) is 259 cm³/mol. The maximum Gasteiger partial charge on any atom is 0.347 e. The molecule has 0 N–H and O–H groups in total. The van der Waals surface area contributed by atoms with Gasteiger partial charge in [-0.2, -0.15) is 0 Å². The second-order valence-electron chi connectivity index (χ2n) is 14.6. The Bertz CT molecular complexity index is 2760. The van der Waals surface area contributed by atoms with Gasteiger partial charge in [-0.1, -0.05) is 167 Å². The van der Waals surface area contributed by atoms with Gasteiger partial charge in [-0.05, 0) is 116 Å². The van der Waals surface area contributed by atoms with Crippen LogP contribution in [0.5, 0.6) is 11.5 Å². The second kappa shape index (κ2) is 17.2. The van der Waals surface area contributed by atoms with Crippen molar-refractivity contribution in [1.29, 1.82) is 0 Å². The van der Waals surface area contributed by atoms with E-state index in [-0.39, 0.29) is 34.0 Å². The van der Waals surface area contributed by atoms with Crippen LogP contribution in [-0.4, -0.2) is 28.2 Å². The highest BCUT2D eigenvalue weighted by Gasteiger charge is 2.49. The molecule has 4 nitrogen and oxygen atoms in total. The number of carbonyl (C=O) groups is 2. The number of hydrogen-bond acceptors (Lipinski definition) is 4. The van der Waals surface area contributed by atoms with Crippen LogP contribution in [0.15, 0.2) is 182 Å². The molecule has 1 aliphatic carbocycles. The van der Waals surface area contributed by atoms with Gasteiger partial charge in [0.1, 0.15) is 5.75 Å². The predicted octanol–water partition coefficient (Wildman–Crippen LogP) is 10.5. The number of rotatable bonds is 10. The standard InChI is InChI=1S/C50H30Cl6O4Si2/c51-31-5-17-37(18-6-31)61(38-19-7-32(52)8-20-38,39-21-9-33(53)10-22-39)59-46-30-29-45-47(49(58)44-4-2-1-3-43(44)48(45)57)50(46)60-62(40-23-11-34(54)12-24-40,41-25-13-35(55)14-26-41)42-27-15-36(56)16-28-42/h1-30H. The Morgan fingerprint density at radius 3 is 0.919 bits per heavy atom. The monoisotopic (exact) mass is 960 g/mol. The van der Waals surface area contributed by atoms with E-state index in [9.17, 15) is 4.79 Å². The highest BCUT2D eigenvalue weighted by Crippen LogP contribution is 2.42. The normalized spacial score (nSPS) is 12.4. The number of hydrogen-bond donors (Lipinski definition) is 0. The molecule has 304 valence electrons. The van der Waals surface area contributed by atoms with Crippen LogP contribution in [0, 0.1) is 0 Å². The molecule has 9 rings (SSSR count). The molecule has 0 aromatic heterocycles. The topological polar surface area (TPSA) is 52.6 Å². The molecule has 0 spiro atoms. The van der Waals surface area contributed by atoms with E-state index in [4.69, 9.17) is 78.5 Å². The molecule has 12 heteroatoms. The summed E-state index contributed by atoms with van der Waals surface area (Å²) in [6.07, 6.45) is 0. The zero-order valence-corrected chi connectivity index (χ0v) is 38.8. The van der Waals surface area contributed by atoms with Gasteiger partial charge in [0.25, 0.3) is 0 Å². The van der Waals surface area contributed by atoms with Crippen molar-refractivity contribution in [2.45, 2.75) is 0 Å². The largest absolute Gasteiger partial charge is 0.528 e. The third-order valence-electron chi connectivity index (χ3n) is 11.0. The highest BCUT2D eigenvalue weighted by atomic mass is 35.5. The lowest BCUT2D eigenvalue weighted by molar-refractivity contribution is 0.0977. The smallest absolute Gasteiger partial charge is 0.347 e. The van der Waals surface area contributed by atoms with Gasteiger partial charge >= 0.3 is 16.6 Å². The molecular weight excluding hydrogens is 933 g/mol. The molecule has 0 aliphatic heterocycles. The lowest BCUT2D eigenvalue weighted by Gasteiger charge is -2.38. The van der Waals surface area contributed by atoms with E-state index in [1.807, 2.05) is 109 Å². The SMILES string of the molecule is O=C1c2ccccc2C(=O)c2c1ccc(O[Si](c1ccc(Cl)cc1)(c1ccc(Cl)cc1)c1ccc(Cl)cc1)c2O[Si](c1ccc(Cl)cc1)(c1ccc(Cl)cc1)c1ccc(Cl)cc1. The van der Waals surface area contributed by atoms with Gasteiger partial charge < -0.3 is 8.85 Å². The molecule has 0 unspecified atom stereocenters. The zero-order chi connectivity index (χ0) is 43.2. The molecule has 0 atom stereocenters. The van der Waals surface area contributed by atoms with Crippen molar-refractivity contribution in [1.82, 2.24) is 0 Å². The van der Waals surface area contributed by atoms with E-state index in [0.29, 0.717) is 35.7 Å². The highest BCUT2D eigenvalue weighted by molar-refractivity contribution is 7.08. The molecular formula is C50H30Cl6O4Si2. The number of halogens is 6. The van der Waals surface area contributed by atoms with Crippen LogP contribution in [0.1, 0.15) is 31.8 Å². The summed E-state index contributed by atoms with van der Waals surface area (Å²) in [5.41, 5.74) is 0.805. The molecule has 1 aliphatic rings. The van der Waals surface area contributed by atoms with Gasteiger partial charge in [0.05, 0.1) is 5.56 Å². The minimum atomic E-state index is -3.86. The van der Waals surface area contributed by atoms with E-state index in [1.165, 1.54) is 0 Å². The van der Waals surface area contributed by atoms with Gasteiger partial charge in [0.15, 0.2) is 17.3 Å². The van der Waals surface area contributed by atoms with Crippen LogP contribution in [0.2, 0.25) is 30.1 Å². The first-order chi connectivity index (χ1) is 30.0. The summed E-state index contributed by atoms with van der Waals surface area (Å²) in [7, 11) is -7.60. The summed E-state index contributed by atoms with van der Waals surface area (Å²) in [4.78, 5) is 29.7. The first kappa shape index (κ1) is 42.2. The fourth-order valence-electron chi connectivity index (χ4n) is 8.10. The number of carbonyl (C=O) groups excluding carboxylic acids is 2. The molecule has 0 saturated heterocycles. The summed E-state index contributed by atoms with van der Waals surface area (Å²) in [6, 6.07) is 55.1. The number of benzene rings is 8. The molecule has 0 fully saturated rings. The van der Waals surface area contributed by atoms with Gasteiger partial charge in [0, 0.05) is 46.8 Å². The molecule has 0 saturated carbocycles. The Morgan fingerprint density at radius 2 is 0.597 bits per heavy atom. The van der Waals surface area contributed by atoms with E-state index in [2.05, 4.69) is 0 Å².